The van der Waals surface area contributed by atoms with Crippen LogP contribution in [0.2, 0.25) is 0 Å². The average Bonchev–Trinajstić information content (AvgIpc) is 2.88. The van der Waals surface area contributed by atoms with Crippen molar-refractivity contribution in [1.82, 2.24) is 9.88 Å². The lowest BCUT2D eigenvalue weighted by atomic mass is 10.1. The fourth-order valence-corrected chi connectivity index (χ4v) is 4.25. The summed E-state index contributed by atoms with van der Waals surface area (Å²) in [7, 11) is 0. The highest BCUT2D eigenvalue weighted by molar-refractivity contribution is 5.79. The molecule has 2 amide bonds. The summed E-state index contributed by atoms with van der Waals surface area (Å²) in [6.07, 6.45) is 1.39. The molecule has 0 spiro atoms. The molecule has 1 fully saturated rings. The number of anilines is 4. The van der Waals surface area contributed by atoms with Gasteiger partial charge >= 0.3 is 0 Å². The van der Waals surface area contributed by atoms with Crippen molar-refractivity contribution in [3.63, 3.8) is 0 Å². The highest BCUT2D eigenvalue weighted by Gasteiger charge is 2.21. The summed E-state index contributed by atoms with van der Waals surface area (Å²) in [5, 5.41) is 15.1. The third kappa shape index (κ3) is 6.94. The number of nitrogens with one attached hydrogen (secondary N) is 2. The number of carbonyl (C=O) groups excluding carboxylic acids is 2. The molecule has 4 rings (SSSR count). The molecule has 2 heterocycles. The molecule has 1 saturated heterocycles. The first-order valence-electron chi connectivity index (χ1n) is 12.0. The zero-order valence-electron chi connectivity index (χ0n) is 20.6. The number of amides is 2. The number of pyridine rings is 1. The maximum Gasteiger partial charge on any atom is 0.236 e. The summed E-state index contributed by atoms with van der Waals surface area (Å²) in [6, 6.07) is 14.6. The third-order valence-electron chi connectivity index (χ3n) is 6.12. The van der Waals surface area contributed by atoms with Gasteiger partial charge in [-0.1, -0.05) is 0 Å². The van der Waals surface area contributed by atoms with Gasteiger partial charge in [0.1, 0.15) is 23.9 Å². The van der Waals surface area contributed by atoms with E-state index in [0.717, 1.165) is 17.4 Å². The monoisotopic (exact) mass is 519 g/mol. The van der Waals surface area contributed by atoms with Crippen molar-refractivity contribution in [1.29, 1.82) is 5.26 Å². The predicted octanol–water partition coefficient (Wildman–Crippen LogP) is 3.31. The Morgan fingerprint density at radius 1 is 1.03 bits per heavy atom. The van der Waals surface area contributed by atoms with Gasteiger partial charge in [-0.05, 0) is 42.0 Å². The molecule has 1 aliphatic heterocycles. The van der Waals surface area contributed by atoms with Crippen LogP contribution in [0, 0.1) is 23.0 Å². The van der Waals surface area contributed by atoms with Crippen molar-refractivity contribution in [3.8, 4) is 6.07 Å². The van der Waals surface area contributed by atoms with E-state index < -0.39 is 17.5 Å². The molecule has 3 aromatic rings. The van der Waals surface area contributed by atoms with Crippen LogP contribution >= 0.6 is 0 Å². The number of carbonyl (C=O) groups is 2. The summed E-state index contributed by atoms with van der Waals surface area (Å²) in [4.78, 5) is 31.7. The normalized spacial score (nSPS) is 13.1. The van der Waals surface area contributed by atoms with Crippen molar-refractivity contribution < 1.29 is 18.4 Å². The van der Waals surface area contributed by atoms with E-state index in [2.05, 4.69) is 20.5 Å². The van der Waals surface area contributed by atoms with Crippen LogP contribution in [0.25, 0.3) is 0 Å². The Morgan fingerprint density at radius 3 is 2.34 bits per heavy atom. The van der Waals surface area contributed by atoms with E-state index >= 15 is 0 Å². The molecule has 0 aliphatic carbocycles. The van der Waals surface area contributed by atoms with Gasteiger partial charge in [-0.25, -0.2) is 13.8 Å². The van der Waals surface area contributed by atoms with E-state index in [1.165, 1.54) is 18.3 Å². The number of primary amides is 1. The van der Waals surface area contributed by atoms with Gasteiger partial charge in [0.25, 0.3) is 0 Å². The number of nitriles is 1. The smallest absolute Gasteiger partial charge is 0.236 e. The first-order chi connectivity index (χ1) is 18.3. The van der Waals surface area contributed by atoms with Gasteiger partial charge < -0.3 is 26.2 Å². The fourth-order valence-electron chi connectivity index (χ4n) is 4.25. The largest absolute Gasteiger partial charge is 0.381 e. The van der Waals surface area contributed by atoms with Crippen LogP contribution in [0.15, 0.2) is 54.7 Å². The van der Waals surface area contributed by atoms with Gasteiger partial charge in [0.05, 0.1) is 12.5 Å². The predicted molar refractivity (Wildman–Crippen MR) is 140 cm³/mol. The van der Waals surface area contributed by atoms with E-state index in [1.54, 1.807) is 11.0 Å². The highest BCUT2D eigenvalue weighted by atomic mass is 19.1. The minimum absolute atomic E-state index is 0.0444. The van der Waals surface area contributed by atoms with Gasteiger partial charge in [0.2, 0.25) is 11.8 Å². The van der Waals surface area contributed by atoms with Crippen LogP contribution in [0.5, 0.6) is 0 Å². The van der Waals surface area contributed by atoms with Crippen molar-refractivity contribution in [2.75, 3.05) is 41.7 Å². The van der Waals surface area contributed by atoms with Crippen LogP contribution < -0.4 is 21.3 Å². The Labute approximate surface area is 218 Å². The van der Waals surface area contributed by atoms with Crippen molar-refractivity contribution in [3.05, 3.63) is 77.5 Å². The second kappa shape index (κ2) is 12.0. The number of piperazine rings is 1. The van der Waals surface area contributed by atoms with Crippen LogP contribution in [-0.2, 0) is 22.6 Å². The van der Waals surface area contributed by atoms with E-state index in [4.69, 9.17) is 11.0 Å². The lowest BCUT2D eigenvalue weighted by molar-refractivity contribution is -0.130. The van der Waals surface area contributed by atoms with Crippen LogP contribution in [-0.4, -0.2) is 47.9 Å². The Morgan fingerprint density at radius 2 is 1.71 bits per heavy atom. The molecule has 1 aliphatic rings. The molecule has 38 heavy (non-hydrogen) atoms. The van der Waals surface area contributed by atoms with E-state index in [0.29, 0.717) is 48.8 Å². The number of rotatable bonds is 9. The van der Waals surface area contributed by atoms with Crippen molar-refractivity contribution >= 4 is 34.7 Å². The topological polar surface area (TPSA) is 127 Å². The molecule has 0 atom stereocenters. The number of nitrogens with zero attached hydrogens (tertiary/aromatic N) is 4. The highest BCUT2D eigenvalue weighted by Crippen LogP contribution is 2.25. The van der Waals surface area contributed by atoms with Crippen molar-refractivity contribution in [2.45, 2.75) is 19.4 Å². The molecule has 2 aromatic carbocycles. The number of benzene rings is 2. The summed E-state index contributed by atoms with van der Waals surface area (Å²) in [6.45, 7) is 2.63. The molecular formula is C27H27F2N7O2. The molecule has 9 nitrogen and oxygen atoms in total. The van der Waals surface area contributed by atoms with Gasteiger partial charge in [0.15, 0.2) is 0 Å². The minimum atomic E-state index is -0.672. The third-order valence-corrected chi connectivity index (χ3v) is 6.12. The maximum absolute atomic E-state index is 13.6. The first kappa shape index (κ1) is 26.3. The number of aromatic nitrogens is 1. The minimum Gasteiger partial charge on any atom is -0.381 e. The second-order valence-electron chi connectivity index (χ2n) is 8.88. The molecule has 11 heteroatoms. The summed E-state index contributed by atoms with van der Waals surface area (Å²) in [5.41, 5.74) is 8.69. The van der Waals surface area contributed by atoms with E-state index in [-0.39, 0.29) is 25.3 Å². The number of nitrogens with two attached hydrogens (primary N) is 1. The quantitative estimate of drug-likeness (QED) is 0.396. The molecule has 1 aromatic heterocycles. The zero-order valence-corrected chi connectivity index (χ0v) is 20.6. The average molecular weight is 520 g/mol. The molecule has 0 unspecified atom stereocenters. The van der Waals surface area contributed by atoms with E-state index in [1.807, 2.05) is 30.3 Å². The second-order valence-corrected chi connectivity index (χ2v) is 8.88. The number of hydrogen-bond acceptors (Lipinski definition) is 7. The molecule has 4 N–H and O–H groups in total. The van der Waals surface area contributed by atoms with E-state index in [9.17, 15) is 18.4 Å². The lowest BCUT2D eigenvalue weighted by Gasteiger charge is -2.36. The fraction of sp³-hybridized carbons (Fsp3) is 0.259. The Kier molecular flexibility index (Phi) is 8.33. The Hall–Kier alpha value is -4.72. The molecular weight excluding hydrogens is 492 g/mol. The van der Waals surface area contributed by atoms with Gasteiger partial charge in [0, 0.05) is 73.7 Å². The number of halogens is 2. The molecule has 0 radical (unpaired) electrons. The van der Waals surface area contributed by atoms with Gasteiger partial charge in [-0.3, -0.25) is 9.59 Å². The van der Waals surface area contributed by atoms with Crippen LogP contribution in [0.4, 0.5) is 31.7 Å². The summed E-state index contributed by atoms with van der Waals surface area (Å²) in [5.74, 6) is -1.51. The standard InChI is InChI=1S/C27H27F2N7O2/c28-20-11-18(12-21(29)14-20)16-32-24-15-26(33-17-19(24)13-25(31)37)34-22-1-3-23(4-2-22)35-7-9-36(10-8-35)27(38)5-6-30/h1-4,11-12,14-15,17H,5,7-10,13,16H2,(H2,31,37)(H2,32,33,34). The first-order valence-corrected chi connectivity index (χ1v) is 12.0. The van der Waals surface area contributed by atoms with Gasteiger partial charge in [-0.15, -0.1) is 0 Å². The summed E-state index contributed by atoms with van der Waals surface area (Å²) < 4.78 is 27.1. The molecule has 0 bridgehead atoms. The lowest BCUT2D eigenvalue weighted by Crippen LogP contribution is -2.48. The summed E-state index contributed by atoms with van der Waals surface area (Å²) >= 11 is 0. The number of hydrogen-bond donors (Lipinski definition) is 3. The van der Waals surface area contributed by atoms with Crippen LogP contribution in [0.3, 0.4) is 0 Å². The van der Waals surface area contributed by atoms with Crippen molar-refractivity contribution in [2.24, 2.45) is 5.73 Å². The van der Waals surface area contributed by atoms with Gasteiger partial charge in [-0.2, -0.15) is 5.26 Å². The molecule has 0 saturated carbocycles. The Balaban J connectivity index is 1.42. The zero-order chi connectivity index (χ0) is 27.1. The van der Waals surface area contributed by atoms with Crippen LogP contribution in [0.1, 0.15) is 17.5 Å². The molecule has 196 valence electrons. The Bertz CT molecular complexity index is 1330. The SMILES string of the molecule is N#CCC(=O)N1CCN(c2ccc(Nc3cc(NCc4cc(F)cc(F)c4)c(CC(N)=O)cn3)cc2)CC1. The maximum atomic E-state index is 13.6.